The van der Waals surface area contributed by atoms with Crippen molar-refractivity contribution in [3.63, 3.8) is 0 Å². The van der Waals surface area contributed by atoms with Gasteiger partial charge >= 0.3 is 0 Å². The van der Waals surface area contributed by atoms with Gasteiger partial charge < -0.3 is 16.2 Å². The van der Waals surface area contributed by atoms with Crippen LogP contribution >= 0.6 is 0 Å². The first-order valence-corrected chi connectivity index (χ1v) is 4.42. The van der Waals surface area contributed by atoms with Crippen LogP contribution < -0.4 is 16.2 Å². The molecule has 13 heavy (non-hydrogen) atoms. The van der Waals surface area contributed by atoms with Crippen molar-refractivity contribution < 1.29 is 4.74 Å². The maximum Gasteiger partial charge on any atom is 0.119 e. The molecular formula is C10H16N2O. The molecule has 0 bridgehead atoms. The zero-order chi connectivity index (χ0) is 9.68. The summed E-state index contributed by atoms with van der Waals surface area (Å²) in [5.74, 6) is 0.843. The van der Waals surface area contributed by atoms with Gasteiger partial charge in [-0.1, -0.05) is 12.1 Å². The molecule has 0 radical (unpaired) electrons. The third-order valence-corrected chi connectivity index (χ3v) is 1.83. The molecule has 3 heteroatoms. The highest BCUT2D eigenvalue weighted by atomic mass is 16.5. The van der Waals surface area contributed by atoms with Crippen molar-refractivity contribution in [3.05, 3.63) is 29.8 Å². The number of benzene rings is 1. The lowest BCUT2D eigenvalue weighted by molar-refractivity contribution is 0.230. The third-order valence-electron chi connectivity index (χ3n) is 1.83. The highest BCUT2D eigenvalue weighted by molar-refractivity contribution is 5.27. The van der Waals surface area contributed by atoms with E-state index >= 15 is 0 Å². The van der Waals surface area contributed by atoms with Crippen LogP contribution in [-0.2, 0) is 6.54 Å². The molecule has 1 aromatic rings. The van der Waals surface area contributed by atoms with Gasteiger partial charge in [0.15, 0.2) is 0 Å². The fourth-order valence-electron chi connectivity index (χ4n) is 0.985. The highest BCUT2D eigenvalue weighted by Gasteiger charge is 2.00. The topological polar surface area (TPSA) is 61.3 Å². The Morgan fingerprint density at radius 3 is 2.31 bits per heavy atom. The monoisotopic (exact) mass is 180 g/mol. The van der Waals surface area contributed by atoms with E-state index < -0.39 is 0 Å². The molecule has 0 saturated heterocycles. The van der Waals surface area contributed by atoms with Crippen LogP contribution in [0, 0.1) is 0 Å². The Kier molecular flexibility index (Phi) is 3.73. The van der Waals surface area contributed by atoms with Gasteiger partial charge in [0.1, 0.15) is 11.9 Å². The molecule has 0 aliphatic rings. The molecule has 1 rings (SSSR count). The third kappa shape index (κ3) is 3.05. The largest absolute Gasteiger partial charge is 0.489 e. The zero-order valence-corrected chi connectivity index (χ0v) is 7.86. The van der Waals surface area contributed by atoms with Gasteiger partial charge in [0.2, 0.25) is 0 Å². The van der Waals surface area contributed by atoms with E-state index in [2.05, 4.69) is 0 Å². The molecule has 0 spiro atoms. The van der Waals surface area contributed by atoms with Crippen LogP contribution in [-0.4, -0.2) is 12.6 Å². The van der Waals surface area contributed by atoms with E-state index in [-0.39, 0.29) is 6.10 Å². The Morgan fingerprint density at radius 2 is 1.85 bits per heavy atom. The molecule has 0 saturated carbocycles. The predicted molar refractivity (Wildman–Crippen MR) is 53.5 cm³/mol. The second kappa shape index (κ2) is 4.84. The van der Waals surface area contributed by atoms with Crippen molar-refractivity contribution in [1.82, 2.24) is 0 Å². The fourth-order valence-corrected chi connectivity index (χ4v) is 0.985. The van der Waals surface area contributed by atoms with Gasteiger partial charge in [-0.3, -0.25) is 0 Å². The second-order valence-electron chi connectivity index (χ2n) is 3.01. The summed E-state index contributed by atoms with van der Waals surface area (Å²) in [6.07, 6.45) is 0.0590. The zero-order valence-electron chi connectivity index (χ0n) is 7.86. The summed E-state index contributed by atoms with van der Waals surface area (Å²) in [6.45, 7) is 3.03. The van der Waals surface area contributed by atoms with E-state index in [1.165, 1.54) is 0 Å². The lowest BCUT2D eigenvalue weighted by atomic mass is 10.2. The van der Waals surface area contributed by atoms with E-state index in [1.807, 2.05) is 31.2 Å². The van der Waals surface area contributed by atoms with Crippen molar-refractivity contribution in [1.29, 1.82) is 0 Å². The first-order valence-electron chi connectivity index (χ1n) is 4.42. The molecule has 0 heterocycles. The molecule has 0 aliphatic heterocycles. The van der Waals surface area contributed by atoms with Gasteiger partial charge in [-0.25, -0.2) is 0 Å². The summed E-state index contributed by atoms with van der Waals surface area (Å²) in [4.78, 5) is 0. The van der Waals surface area contributed by atoms with E-state index in [4.69, 9.17) is 16.2 Å². The molecule has 0 amide bonds. The van der Waals surface area contributed by atoms with Crippen LogP contribution in [0.15, 0.2) is 24.3 Å². The quantitative estimate of drug-likeness (QED) is 0.722. The maximum absolute atomic E-state index is 5.50. The molecule has 0 aromatic heterocycles. The second-order valence-corrected chi connectivity index (χ2v) is 3.01. The van der Waals surface area contributed by atoms with Gasteiger partial charge in [-0.15, -0.1) is 0 Å². The summed E-state index contributed by atoms with van der Waals surface area (Å²) >= 11 is 0. The van der Waals surface area contributed by atoms with Gasteiger partial charge in [0.05, 0.1) is 0 Å². The number of hydrogen-bond acceptors (Lipinski definition) is 3. The van der Waals surface area contributed by atoms with E-state index in [1.54, 1.807) is 0 Å². The Morgan fingerprint density at radius 1 is 1.23 bits per heavy atom. The van der Waals surface area contributed by atoms with Crippen LogP contribution in [0.25, 0.3) is 0 Å². The first-order chi connectivity index (χ1) is 6.26. The smallest absolute Gasteiger partial charge is 0.119 e. The minimum absolute atomic E-state index is 0.0590. The van der Waals surface area contributed by atoms with Gasteiger partial charge in [-0.05, 0) is 24.6 Å². The van der Waals surface area contributed by atoms with Gasteiger partial charge in [-0.2, -0.15) is 0 Å². The molecule has 1 atom stereocenters. The molecule has 1 aromatic carbocycles. The van der Waals surface area contributed by atoms with Crippen LogP contribution in [0.5, 0.6) is 5.75 Å². The highest BCUT2D eigenvalue weighted by Crippen LogP contribution is 2.13. The summed E-state index contributed by atoms with van der Waals surface area (Å²) in [6, 6.07) is 7.74. The van der Waals surface area contributed by atoms with E-state index in [0.717, 1.165) is 11.3 Å². The summed E-state index contributed by atoms with van der Waals surface area (Å²) in [5, 5.41) is 0. The molecule has 0 fully saturated rings. The maximum atomic E-state index is 5.50. The minimum Gasteiger partial charge on any atom is -0.489 e. The standard InChI is InChI=1S/C10H16N2O/c1-8(6-11)13-10-4-2-9(7-12)3-5-10/h2-5,8H,6-7,11-12H2,1H3/t8-/m0/s1. The number of rotatable bonds is 4. The number of hydrogen-bond donors (Lipinski definition) is 2. The Balaban J connectivity index is 2.58. The summed E-state index contributed by atoms with van der Waals surface area (Å²) in [7, 11) is 0. The Bertz CT molecular complexity index is 246. The molecular weight excluding hydrogens is 164 g/mol. The van der Waals surface area contributed by atoms with Crippen LogP contribution in [0.4, 0.5) is 0 Å². The average Bonchev–Trinajstić information content (AvgIpc) is 2.19. The Hall–Kier alpha value is -1.06. The average molecular weight is 180 g/mol. The van der Waals surface area contributed by atoms with E-state index in [0.29, 0.717) is 13.1 Å². The van der Waals surface area contributed by atoms with Crippen LogP contribution in [0.3, 0.4) is 0 Å². The van der Waals surface area contributed by atoms with Crippen molar-refractivity contribution in [3.8, 4) is 5.75 Å². The van der Waals surface area contributed by atoms with Crippen molar-refractivity contribution in [2.75, 3.05) is 6.54 Å². The van der Waals surface area contributed by atoms with Gasteiger partial charge in [0, 0.05) is 13.1 Å². The fraction of sp³-hybridized carbons (Fsp3) is 0.400. The van der Waals surface area contributed by atoms with Crippen molar-refractivity contribution >= 4 is 0 Å². The first kappa shape index (κ1) is 10.0. The number of ether oxygens (including phenoxy) is 1. The molecule has 0 aliphatic carbocycles. The molecule has 3 nitrogen and oxygen atoms in total. The summed E-state index contributed by atoms with van der Waals surface area (Å²) < 4.78 is 5.50. The lowest BCUT2D eigenvalue weighted by Crippen LogP contribution is -2.22. The predicted octanol–water partition coefficient (Wildman–Crippen LogP) is 0.871. The lowest BCUT2D eigenvalue weighted by Gasteiger charge is -2.12. The summed E-state index contributed by atoms with van der Waals surface area (Å²) in [5.41, 5.74) is 12.0. The molecule has 72 valence electrons. The normalized spacial score (nSPS) is 12.5. The van der Waals surface area contributed by atoms with Gasteiger partial charge in [0.25, 0.3) is 0 Å². The Labute approximate surface area is 78.7 Å². The van der Waals surface area contributed by atoms with E-state index in [9.17, 15) is 0 Å². The molecule has 0 unspecified atom stereocenters. The minimum atomic E-state index is 0.0590. The van der Waals surface area contributed by atoms with Crippen LogP contribution in [0.1, 0.15) is 12.5 Å². The number of nitrogens with two attached hydrogens (primary N) is 2. The molecule has 4 N–H and O–H groups in total. The van der Waals surface area contributed by atoms with Crippen molar-refractivity contribution in [2.24, 2.45) is 11.5 Å². The van der Waals surface area contributed by atoms with Crippen LogP contribution in [0.2, 0.25) is 0 Å². The van der Waals surface area contributed by atoms with Crippen molar-refractivity contribution in [2.45, 2.75) is 19.6 Å². The SMILES string of the molecule is C[C@@H](CN)Oc1ccc(CN)cc1.